The molecule has 1 unspecified atom stereocenters. The molecule has 0 saturated carbocycles. The Hall–Kier alpha value is -2.18. The highest BCUT2D eigenvalue weighted by atomic mass is 16.4. The zero-order chi connectivity index (χ0) is 17.8. The molecule has 0 aliphatic carbocycles. The lowest BCUT2D eigenvalue weighted by Gasteiger charge is -2.23. The number of aromatic nitrogens is 1. The Kier molecular flexibility index (Phi) is 5.50. The minimum atomic E-state index is -0.0452. The second kappa shape index (κ2) is 7.80. The topological polar surface area (TPSA) is 61.6 Å². The van der Waals surface area contributed by atoms with Gasteiger partial charge < -0.3 is 9.73 Å². The molecule has 1 saturated heterocycles. The van der Waals surface area contributed by atoms with Crippen LogP contribution in [0.15, 0.2) is 34.9 Å². The van der Waals surface area contributed by atoms with E-state index in [1.807, 2.05) is 31.2 Å². The van der Waals surface area contributed by atoms with Crippen molar-refractivity contribution < 1.29 is 9.21 Å². The van der Waals surface area contributed by atoms with E-state index in [1.165, 1.54) is 5.56 Å². The summed E-state index contributed by atoms with van der Waals surface area (Å²) in [5.74, 6) is 1.59. The van der Waals surface area contributed by atoms with Gasteiger partial charge in [-0.05, 0) is 38.1 Å². The van der Waals surface area contributed by atoms with Crippen molar-refractivity contribution >= 4 is 5.91 Å². The molecule has 6 nitrogen and oxygen atoms in total. The number of likely N-dealkylation sites (N-methyl/N-ethyl adjacent to an activating group) is 1. The fourth-order valence-electron chi connectivity index (χ4n) is 3.30. The molecule has 2 heterocycles. The van der Waals surface area contributed by atoms with Crippen molar-refractivity contribution in [3.63, 3.8) is 0 Å². The zero-order valence-corrected chi connectivity index (χ0v) is 15.2. The van der Waals surface area contributed by atoms with Crippen molar-refractivity contribution in [2.24, 2.45) is 0 Å². The molecule has 6 heteroatoms. The van der Waals surface area contributed by atoms with Gasteiger partial charge in [-0.1, -0.05) is 12.1 Å². The largest absolute Gasteiger partial charge is 0.445 e. The molecule has 1 aliphatic rings. The van der Waals surface area contributed by atoms with E-state index in [1.54, 1.807) is 13.2 Å². The Morgan fingerprint density at radius 3 is 2.80 bits per heavy atom. The van der Waals surface area contributed by atoms with Crippen molar-refractivity contribution in [3.05, 3.63) is 53.2 Å². The number of hydrogen-bond acceptors (Lipinski definition) is 5. The van der Waals surface area contributed by atoms with Gasteiger partial charge in [0.2, 0.25) is 5.89 Å². The Balaban J connectivity index is 1.51. The lowest BCUT2D eigenvalue weighted by Crippen LogP contribution is -2.34. The van der Waals surface area contributed by atoms with Gasteiger partial charge in [-0.25, -0.2) is 4.98 Å². The zero-order valence-electron chi connectivity index (χ0n) is 15.2. The average Bonchev–Trinajstić information content (AvgIpc) is 3.24. The van der Waals surface area contributed by atoms with E-state index in [0.29, 0.717) is 11.6 Å². The molecule has 1 aromatic heterocycles. The van der Waals surface area contributed by atoms with Crippen LogP contribution in [0.25, 0.3) is 0 Å². The quantitative estimate of drug-likeness (QED) is 0.871. The van der Waals surface area contributed by atoms with E-state index in [0.717, 1.165) is 44.3 Å². The number of oxazole rings is 1. The normalized spacial score (nSPS) is 18.0. The molecule has 1 atom stereocenters. The number of rotatable bonds is 6. The maximum Gasteiger partial charge on any atom is 0.251 e. The van der Waals surface area contributed by atoms with Crippen LogP contribution in [0.2, 0.25) is 0 Å². The first-order chi connectivity index (χ1) is 12.0. The first-order valence-electron chi connectivity index (χ1n) is 8.70. The molecule has 134 valence electrons. The fourth-order valence-corrected chi connectivity index (χ4v) is 3.30. The third-order valence-corrected chi connectivity index (χ3v) is 4.77. The summed E-state index contributed by atoms with van der Waals surface area (Å²) in [6.07, 6.45) is 2.92. The van der Waals surface area contributed by atoms with Crippen LogP contribution in [0.3, 0.4) is 0 Å². The van der Waals surface area contributed by atoms with Crippen molar-refractivity contribution in [2.75, 3.05) is 27.2 Å². The van der Waals surface area contributed by atoms with Crippen LogP contribution in [0.1, 0.15) is 34.0 Å². The molecule has 1 N–H and O–H groups in total. The number of benzene rings is 1. The summed E-state index contributed by atoms with van der Waals surface area (Å²) >= 11 is 0. The summed E-state index contributed by atoms with van der Waals surface area (Å²) in [6.45, 7) is 5.69. The Morgan fingerprint density at radius 1 is 1.40 bits per heavy atom. The summed E-state index contributed by atoms with van der Waals surface area (Å²) in [5, 5.41) is 2.65. The summed E-state index contributed by atoms with van der Waals surface area (Å²) < 4.78 is 5.58. The van der Waals surface area contributed by atoms with Gasteiger partial charge in [0.25, 0.3) is 5.91 Å². The molecule has 0 bridgehead atoms. The monoisotopic (exact) mass is 342 g/mol. The van der Waals surface area contributed by atoms with Crippen LogP contribution in [0.5, 0.6) is 0 Å². The molecular formula is C19H26N4O2. The number of nitrogens with zero attached hydrogens (tertiary/aromatic N) is 3. The third kappa shape index (κ3) is 4.46. The second-order valence-corrected chi connectivity index (χ2v) is 6.73. The predicted octanol–water partition coefficient (Wildman–Crippen LogP) is 2.05. The van der Waals surface area contributed by atoms with Crippen LogP contribution in [0, 0.1) is 6.92 Å². The SMILES string of the molecule is CNC(=O)c1ccc(CN2CCC(N(C)Cc3ncc(C)o3)C2)cc1. The second-order valence-electron chi connectivity index (χ2n) is 6.73. The number of carbonyl (C=O) groups is 1. The molecule has 1 aromatic carbocycles. The smallest absolute Gasteiger partial charge is 0.251 e. The lowest BCUT2D eigenvalue weighted by atomic mass is 10.1. The average molecular weight is 342 g/mol. The fraction of sp³-hybridized carbons (Fsp3) is 0.474. The summed E-state index contributed by atoms with van der Waals surface area (Å²) in [6, 6.07) is 8.36. The minimum Gasteiger partial charge on any atom is -0.445 e. The van der Waals surface area contributed by atoms with Crippen LogP contribution < -0.4 is 5.32 Å². The highest BCUT2D eigenvalue weighted by molar-refractivity contribution is 5.93. The predicted molar refractivity (Wildman–Crippen MR) is 96.2 cm³/mol. The van der Waals surface area contributed by atoms with Crippen molar-refractivity contribution in [3.8, 4) is 0 Å². The van der Waals surface area contributed by atoms with E-state index < -0.39 is 0 Å². The van der Waals surface area contributed by atoms with Crippen LogP contribution in [-0.4, -0.2) is 53.9 Å². The van der Waals surface area contributed by atoms with Crippen molar-refractivity contribution in [2.45, 2.75) is 32.5 Å². The first-order valence-corrected chi connectivity index (χ1v) is 8.70. The van der Waals surface area contributed by atoms with Gasteiger partial charge in [-0.2, -0.15) is 0 Å². The number of likely N-dealkylation sites (tertiary alicyclic amines) is 1. The summed E-state index contributed by atoms with van der Waals surface area (Å²) in [4.78, 5) is 20.7. The highest BCUT2D eigenvalue weighted by Gasteiger charge is 2.26. The standard InChI is InChI=1S/C19H26N4O2/c1-14-10-21-18(25-14)13-22(3)17-8-9-23(12-17)11-15-4-6-16(7-5-15)19(24)20-2/h4-7,10,17H,8-9,11-13H2,1-3H3,(H,20,24). The maximum absolute atomic E-state index is 11.6. The molecular weight excluding hydrogens is 316 g/mol. The van der Waals surface area contributed by atoms with Crippen LogP contribution in [-0.2, 0) is 13.1 Å². The van der Waals surface area contributed by atoms with Gasteiger partial charge in [0.1, 0.15) is 5.76 Å². The molecule has 1 amide bonds. The molecule has 25 heavy (non-hydrogen) atoms. The van der Waals surface area contributed by atoms with Gasteiger partial charge in [0.05, 0.1) is 12.7 Å². The first kappa shape index (κ1) is 17.6. The minimum absolute atomic E-state index is 0.0452. The maximum atomic E-state index is 11.6. The number of nitrogens with one attached hydrogen (secondary N) is 1. The Labute approximate surface area is 148 Å². The number of carbonyl (C=O) groups excluding carboxylic acids is 1. The lowest BCUT2D eigenvalue weighted by molar-refractivity contribution is 0.0963. The van der Waals surface area contributed by atoms with E-state index in [-0.39, 0.29) is 5.91 Å². The Bertz CT molecular complexity index is 710. The van der Waals surface area contributed by atoms with Crippen LogP contribution >= 0.6 is 0 Å². The van der Waals surface area contributed by atoms with Gasteiger partial charge in [0, 0.05) is 38.3 Å². The van der Waals surface area contributed by atoms with E-state index in [2.05, 4.69) is 27.1 Å². The van der Waals surface area contributed by atoms with E-state index in [4.69, 9.17) is 4.42 Å². The van der Waals surface area contributed by atoms with Crippen molar-refractivity contribution in [1.82, 2.24) is 20.1 Å². The van der Waals surface area contributed by atoms with Gasteiger partial charge in [-0.3, -0.25) is 14.6 Å². The number of aryl methyl sites for hydroxylation is 1. The number of amides is 1. The van der Waals surface area contributed by atoms with Gasteiger partial charge in [-0.15, -0.1) is 0 Å². The molecule has 2 aromatic rings. The molecule has 1 aliphatic heterocycles. The summed E-state index contributed by atoms with van der Waals surface area (Å²) in [5.41, 5.74) is 1.94. The van der Waals surface area contributed by atoms with Gasteiger partial charge in [0.15, 0.2) is 0 Å². The number of hydrogen-bond donors (Lipinski definition) is 1. The van der Waals surface area contributed by atoms with E-state index in [9.17, 15) is 4.79 Å². The van der Waals surface area contributed by atoms with Crippen molar-refractivity contribution in [1.29, 1.82) is 0 Å². The Morgan fingerprint density at radius 2 is 2.16 bits per heavy atom. The van der Waals surface area contributed by atoms with Gasteiger partial charge >= 0.3 is 0 Å². The molecule has 0 radical (unpaired) electrons. The molecule has 1 fully saturated rings. The van der Waals surface area contributed by atoms with Crippen LogP contribution in [0.4, 0.5) is 0 Å². The highest BCUT2D eigenvalue weighted by Crippen LogP contribution is 2.19. The molecule has 0 spiro atoms. The molecule has 3 rings (SSSR count). The summed E-state index contributed by atoms with van der Waals surface area (Å²) in [7, 11) is 3.78. The third-order valence-electron chi connectivity index (χ3n) is 4.77. The van der Waals surface area contributed by atoms with E-state index >= 15 is 0 Å².